The number of piperidine rings is 1. The summed E-state index contributed by atoms with van der Waals surface area (Å²) in [5.41, 5.74) is 5.91. The second-order valence-electron chi connectivity index (χ2n) is 6.15. The molecule has 0 bridgehead atoms. The third-order valence-electron chi connectivity index (χ3n) is 4.33. The van der Waals surface area contributed by atoms with Crippen LogP contribution in [0.15, 0.2) is 45.9 Å². The van der Waals surface area contributed by atoms with Crippen molar-refractivity contribution in [3.05, 3.63) is 53.7 Å². The number of benzene rings is 1. The maximum atomic E-state index is 13.0. The Hall–Kier alpha value is -2.23. The molecule has 9 heteroatoms. The summed E-state index contributed by atoms with van der Waals surface area (Å²) in [6.45, 7) is 1.08. The largest absolute Gasteiger partial charge is 0.467 e. The van der Waals surface area contributed by atoms with Crippen molar-refractivity contribution in [2.45, 2.75) is 30.3 Å². The summed E-state index contributed by atoms with van der Waals surface area (Å²) in [5.74, 6) is -0.114. The van der Waals surface area contributed by atoms with Crippen LogP contribution in [0.1, 0.15) is 29.0 Å². The van der Waals surface area contributed by atoms with Crippen molar-refractivity contribution >= 4 is 15.9 Å². The van der Waals surface area contributed by atoms with Crippen molar-refractivity contribution in [2.24, 2.45) is 5.73 Å². The van der Waals surface area contributed by atoms with Gasteiger partial charge in [-0.3, -0.25) is 4.79 Å². The normalized spacial score (nSPS) is 16.0. The molecule has 3 rings (SSSR count). The average Bonchev–Trinajstić information content (AvgIpc) is 3.11. The van der Waals surface area contributed by atoms with E-state index >= 15 is 0 Å². The summed E-state index contributed by atoms with van der Waals surface area (Å²) in [5, 5.41) is 0. The molecular formula is C17H20FN3O4S. The summed E-state index contributed by atoms with van der Waals surface area (Å²) in [6, 6.07) is 6.01. The molecule has 140 valence electrons. The Labute approximate surface area is 151 Å². The minimum Gasteiger partial charge on any atom is -0.467 e. The molecule has 0 saturated carbocycles. The molecule has 0 radical (unpaired) electrons. The first-order chi connectivity index (χ1) is 12.4. The Balaban J connectivity index is 1.58. The first-order valence-corrected chi connectivity index (χ1v) is 9.72. The van der Waals surface area contributed by atoms with Gasteiger partial charge in [0, 0.05) is 19.1 Å². The maximum Gasteiger partial charge on any atom is 0.257 e. The summed E-state index contributed by atoms with van der Waals surface area (Å²) in [7, 11) is -3.72. The molecular weight excluding hydrogens is 361 g/mol. The monoisotopic (exact) mass is 381 g/mol. The minimum atomic E-state index is -3.72. The number of halogens is 1. The van der Waals surface area contributed by atoms with Gasteiger partial charge in [-0.25, -0.2) is 17.5 Å². The number of hydrogen-bond donors (Lipinski definition) is 2. The topological polar surface area (TPSA) is 106 Å². The van der Waals surface area contributed by atoms with Crippen LogP contribution in [0.5, 0.6) is 0 Å². The number of hydrogen-bond acceptors (Lipinski definition) is 5. The van der Waals surface area contributed by atoms with Crippen LogP contribution >= 0.6 is 0 Å². The van der Waals surface area contributed by atoms with Crippen LogP contribution < -0.4 is 10.5 Å². The molecule has 1 aromatic carbocycles. The molecule has 2 aromatic rings. The predicted molar refractivity (Wildman–Crippen MR) is 92.2 cm³/mol. The van der Waals surface area contributed by atoms with Crippen molar-refractivity contribution in [3.63, 3.8) is 0 Å². The molecule has 0 unspecified atom stereocenters. The van der Waals surface area contributed by atoms with Crippen LogP contribution in [0.4, 0.5) is 4.39 Å². The van der Waals surface area contributed by atoms with E-state index in [0.29, 0.717) is 37.3 Å². The van der Waals surface area contributed by atoms with E-state index in [-0.39, 0.29) is 23.4 Å². The number of nitrogens with zero attached hydrogens (tertiary/aromatic N) is 1. The quantitative estimate of drug-likeness (QED) is 0.816. The first-order valence-electron chi connectivity index (χ1n) is 8.23. The number of nitrogens with one attached hydrogen (secondary N) is 1. The van der Waals surface area contributed by atoms with Gasteiger partial charge in [0.25, 0.3) is 5.91 Å². The van der Waals surface area contributed by atoms with E-state index in [1.54, 1.807) is 11.0 Å². The second kappa shape index (κ2) is 7.56. The number of carbonyl (C=O) groups excluding carboxylic acids is 1. The van der Waals surface area contributed by atoms with Crippen LogP contribution in [0.3, 0.4) is 0 Å². The Morgan fingerprint density at radius 2 is 1.92 bits per heavy atom. The fourth-order valence-corrected chi connectivity index (χ4v) is 4.19. The van der Waals surface area contributed by atoms with Crippen molar-refractivity contribution in [3.8, 4) is 0 Å². The Morgan fingerprint density at radius 3 is 2.50 bits per heavy atom. The number of nitrogens with two attached hydrogens (primary N) is 1. The van der Waals surface area contributed by atoms with Gasteiger partial charge < -0.3 is 15.1 Å². The maximum absolute atomic E-state index is 13.0. The van der Waals surface area contributed by atoms with Gasteiger partial charge in [0.15, 0.2) is 0 Å². The van der Waals surface area contributed by atoms with E-state index in [1.807, 2.05) is 0 Å². The van der Waals surface area contributed by atoms with Gasteiger partial charge >= 0.3 is 0 Å². The highest BCUT2D eigenvalue weighted by atomic mass is 32.2. The smallest absolute Gasteiger partial charge is 0.257 e. The highest BCUT2D eigenvalue weighted by molar-refractivity contribution is 7.89. The van der Waals surface area contributed by atoms with Crippen molar-refractivity contribution in [2.75, 3.05) is 13.1 Å². The zero-order chi connectivity index (χ0) is 18.7. The Kier molecular flexibility index (Phi) is 5.40. The van der Waals surface area contributed by atoms with Crippen LogP contribution in [0.2, 0.25) is 0 Å². The van der Waals surface area contributed by atoms with E-state index in [1.165, 1.54) is 18.4 Å². The van der Waals surface area contributed by atoms with Gasteiger partial charge in [0.1, 0.15) is 17.8 Å². The zero-order valence-corrected chi connectivity index (χ0v) is 14.8. The van der Waals surface area contributed by atoms with Gasteiger partial charge in [-0.2, -0.15) is 0 Å². The molecule has 2 heterocycles. The molecule has 1 aliphatic rings. The molecule has 0 aliphatic carbocycles. The first kappa shape index (κ1) is 18.6. The van der Waals surface area contributed by atoms with Gasteiger partial charge in [-0.1, -0.05) is 0 Å². The lowest BCUT2D eigenvalue weighted by atomic mass is 10.1. The van der Waals surface area contributed by atoms with Crippen LogP contribution in [-0.4, -0.2) is 38.4 Å². The SMILES string of the molecule is NCc1cc(C(=O)N2CCC(NS(=O)(=O)c3ccc(F)cc3)CC2)co1. The summed E-state index contributed by atoms with van der Waals surface area (Å²) in [4.78, 5) is 14.1. The fraction of sp³-hybridized carbons (Fsp3) is 0.353. The second-order valence-corrected chi connectivity index (χ2v) is 7.86. The molecule has 0 atom stereocenters. The molecule has 1 saturated heterocycles. The lowest BCUT2D eigenvalue weighted by molar-refractivity contribution is 0.0710. The Bertz CT molecular complexity index is 872. The number of likely N-dealkylation sites (tertiary alicyclic amines) is 1. The van der Waals surface area contributed by atoms with Gasteiger partial charge in [0.2, 0.25) is 10.0 Å². The number of carbonyl (C=O) groups is 1. The van der Waals surface area contributed by atoms with Gasteiger partial charge in [-0.05, 0) is 43.2 Å². The molecule has 1 aromatic heterocycles. The van der Waals surface area contributed by atoms with Crippen LogP contribution in [0, 0.1) is 5.82 Å². The van der Waals surface area contributed by atoms with Gasteiger partial charge in [-0.15, -0.1) is 0 Å². The molecule has 1 amide bonds. The zero-order valence-electron chi connectivity index (χ0n) is 14.0. The fourth-order valence-electron chi connectivity index (χ4n) is 2.88. The molecule has 3 N–H and O–H groups in total. The summed E-state index contributed by atoms with van der Waals surface area (Å²) in [6.07, 6.45) is 2.37. The molecule has 26 heavy (non-hydrogen) atoms. The summed E-state index contributed by atoms with van der Waals surface area (Å²) >= 11 is 0. The molecule has 0 spiro atoms. The molecule has 1 fully saturated rings. The van der Waals surface area contributed by atoms with Gasteiger partial charge in [0.05, 0.1) is 17.0 Å². The third-order valence-corrected chi connectivity index (χ3v) is 5.87. The Morgan fingerprint density at radius 1 is 1.27 bits per heavy atom. The number of amides is 1. The summed E-state index contributed by atoms with van der Waals surface area (Å²) < 4.78 is 45.4. The third kappa shape index (κ3) is 4.12. The van der Waals surface area contributed by atoms with E-state index in [9.17, 15) is 17.6 Å². The average molecular weight is 381 g/mol. The van der Waals surface area contributed by atoms with Crippen LogP contribution in [-0.2, 0) is 16.6 Å². The minimum absolute atomic E-state index is 0.0186. The van der Waals surface area contributed by atoms with Crippen molar-refractivity contribution in [1.82, 2.24) is 9.62 Å². The lowest BCUT2D eigenvalue weighted by Crippen LogP contribution is -2.46. The number of furan rings is 1. The van der Waals surface area contributed by atoms with E-state index in [4.69, 9.17) is 10.2 Å². The van der Waals surface area contributed by atoms with Crippen LogP contribution in [0.25, 0.3) is 0 Å². The highest BCUT2D eigenvalue weighted by Crippen LogP contribution is 2.18. The predicted octanol–water partition coefficient (Wildman–Crippen LogP) is 1.46. The van der Waals surface area contributed by atoms with E-state index in [2.05, 4.69) is 4.72 Å². The molecule has 7 nitrogen and oxygen atoms in total. The standard InChI is InChI=1S/C17H20FN3O4S/c18-13-1-3-16(4-2-13)26(23,24)20-14-5-7-21(8-6-14)17(22)12-9-15(10-19)25-11-12/h1-4,9,11,14,20H,5-8,10,19H2. The number of sulfonamides is 1. The molecule has 1 aliphatic heterocycles. The van der Waals surface area contributed by atoms with Crippen molar-refractivity contribution < 1.29 is 22.0 Å². The van der Waals surface area contributed by atoms with E-state index < -0.39 is 15.8 Å². The van der Waals surface area contributed by atoms with E-state index in [0.717, 1.165) is 12.1 Å². The highest BCUT2D eigenvalue weighted by Gasteiger charge is 2.27. The lowest BCUT2D eigenvalue weighted by Gasteiger charge is -2.32. The number of rotatable bonds is 5. The van der Waals surface area contributed by atoms with Crippen molar-refractivity contribution in [1.29, 1.82) is 0 Å².